The summed E-state index contributed by atoms with van der Waals surface area (Å²) in [5.74, 6) is -3.62. The zero-order valence-corrected chi connectivity index (χ0v) is 7.53. The first-order chi connectivity index (χ1) is 6.63. The first-order valence-corrected chi connectivity index (χ1v) is 4.29. The maximum absolute atomic E-state index is 13.2. The first kappa shape index (κ1) is 9.18. The van der Waals surface area contributed by atoms with Crippen LogP contribution >= 0.6 is 0 Å². The molecule has 0 aromatic heterocycles. The zero-order valence-electron chi connectivity index (χ0n) is 7.53. The molecule has 14 heavy (non-hydrogen) atoms. The Morgan fingerprint density at radius 1 is 1.71 bits per heavy atom. The van der Waals surface area contributed by atoms with Gasteiger partial charge < -0.3 is 9.47 Å². The van der Waals surface area contributed by atoms with Crippen LogP contribution in [-0.2, 0) is 19.1 Å². The molecule has 2 bridgehead atoms. The van der Waals surface area contributed by atoms with E-state index in [9.17, 15) is 14.0 Å². The highest BCUT2D eigenvalue weighted by Crippen LogP contribution is 2.39. The molecule has 0 N–H and O–H groups in total. The highest BCUT2D eigenvalue weighted by atomic mass is 19.1. The van der Waals surface area contributed by atoms with Gasteiger partial charge in [0.15, 0.2) is 0 Å². The lowest BCUT2D eigenvalue weighted by molar-refractivity contribution is -0.172. The molecular formula is C9H9FO4. The number of rotatable bonds is 1. The summed E-state index contributed by atoms with van der Waals surface area (Å²) in [6.45, 7) is 0. The largest absolute Gasteiger partial charge is 0.469 e. The molecule has 1 aliphatic carbocycles. The Balaban J connectivity index is 2.29. The maximum Gasteiger partial charge on any atom is 0.317 e. The van der Waals surface area contributed by atoms with Crippen molar-refractivity contribution in [3.63, 3.8) is 0 Å². The highest BCUT2D eigenvalue weighted by molar-refractivity contribution is 5.86. The van der Waals surface area contributed by atoms with E-state index in [1.165, 1.54) is 13.2 Å². The van der Waals surface area contributed by atoms with Crippen molar-refractivity contribution < 1.29 is 23.5 Å². The Hall–Kier alpha value is -1.39. The average Bonchev–Trinajstić information content (AvgIpc) is 2.15. The number of carbonyl (C=O) groups is 2. The third-order valence-electron chi connectivity index (χ3n) is 2.56. The van der Waals surface area contributed by atoms with Crippen LogP contribution in [0.2, 0.25) is 0 Å². The highest BCUT2D eigenvalue weighted by Gasteiger charge is 2.48. The minimum Gasteiger partial charge on any atom is -0.469 e. The number of esters is 2. The molecule has 0 spiro atoms. The van der Waals surface area contributed by atoms with Crippen molar-refractivity contribution >= 4 is 11.9 Å². The van der Waals surface area contributed by atoms with Gasteiger partial charge >= 0.3 is 11.9 Å². The quantitative estimate of drug-likeness (QED) is 0.581. The van der Waals surface area contributed by atoms with Gasteiger partial charge in [-0.2, -0.15) is 0 Å². The third-order valence-corrected chi connectivity index (χ3v) is 2.56. The second kappa shape index (κ2) is 3.08. The summed E-state index contributed by atoms with van der Waals surface area (Å²) in [5.41, 5.74) is 0. The predicted octanol–water partition coefficient (Wildman–Crippen LogP) is 0.574. The van der Waals surface area contributed by atoms with Crippen molar-refractivity contribution in [2.45, 2.75) is 12.5 Å². The smallest absolute Gasteiger partial charge is 0.317 e. The van der Waals surface area contributed by atoms with Gasteiger partial charge in [-0.3, -0.25) is 9.59 Å². The van der Waals surface area contributed by atoms with E-state index in [-0.39, 0.29) is 0 Å². The van der Waals surface area contributed by atoms with E-state index in [4.69, 9.17) is 4.74 Å². The molecule has 1 fully saturated rings. The van der Waals surface area contributed by atoms with E-state index in [0.717, 1.165) is 0 Å². The Morgan fingerprint density at radius 2 is 2.43 bits per heavy atom. The van der Waals surface area contributed by atoms with Crippen molar-refractivity contribution in [3.8, 4) is 0 Å². The Labute approximate surface area is 79.7 Å². The predicted molar refractivity (Wildman–Crippen MR) is 42.7 cm³/mol. The minimum absolute atomic E-state index is 0.316. The van der Waals surface area contributed by atoms with Gasteiger partial charge in [-0.25, -0.2) is 4.39 Å². The molecule has 3 aliphatic rings. The number of fused-ring (bicyclic) bond motifs is 2. The van der Waals surface area contributed by atoms with Crippen LogP contribution < -0.4 is 0 Å². The van der Waals surface area contributed by atoms with Crippen molar-refractivity contribution in [2.75, 3.05) is 7.11 Å². The van der Waals surface area contributed by atoms with Gasteiger partial charge in [0.05, 0.1) is 13.0 Å². The van der Waals surface area contributed by atoms with Gasteiger partial charge in [-0.15, -0.1) is 0 Å². The first-order valence-electron chi connectivity index (χ1n) is 4.29. The molecule has 0 radical (unpaired) electrons. The van der Waals surface area contributed by atoms with Crippen LogP contribution in [0, 0.1) is 11.8 Å². The zero-order chi connectivity index (χ0) is 10.3. The molecule has 1 saturated heterocycles. The summed E-state index contributed by atoms with van der Waals surface area (Å²) in [6, 6.07) is 0. The van der Waals surface area contributed by atoms with Gasteiger partial charge in [0.2, 0.25) is 0 Å². The Morgan fingerprint density at radius 3 is 2.93 bits per heavy atom. The van der Waals surface area contributed by atoms with E-state index in [1.54, 1.807) is 0 Å². The molecule has 2 aliphatic heterocycles. The lowest BCUT2D eigenvalue weighted by Crippen LogP contribution is -2.45. The molecule has 3 rings (SSSR count). The molecule has 0 saturated carbocycles. The topological polar surface area (TPSA) is 52.6 Å². The number of hydrogen-bond donors (Lipinski definition) is 0. The molecule has 0 amide bonds. The second-order valence-electron chi connectivity index (χ2n) is 3.37. The number of halogens is 1. The molecule has 5 heteroatoms. The van der Waals surface area contributed by atoms with Crippen LogP contribution in [0.3, 0.4) is 0 Å². The van der Waals surface area contributed by atoms with Crippen LogP contribution in [0.25, 0.3) is 0 Å². The summed E-state index contributed by atoms with van der Waals surface area (Å²) >= 11 is 0. The summed E-state index contributed by atoms with van der Waals surface area (Å²) in [4.78, 5) is 22.4. The fraction of sp³-hybridized carbons (Fsp3) is 0.556. The molecule has 4 nitrogen and oxygen atoms in total. The van der Waals surface area contributed by atoms with Gasteiger partial charge in [-0.05, 0) is 6.08 Å². The molecule has 0 aromatic rings. The Bertz CT molecular complexity index is 323. The van der Waals surface area contributed by atoms with E-state index < -0.39 is 35.7 Å². The molecule has 0 aromatic carbocycles. The SMILES string of the molecule is COC(=O)[C@@H]1C[C@H]2C=C(F)[C@@H]1C(=O)O2. The lowest BCUT2D eigenvalue weighted by Gasteiger charge is -2.35. The van der Waals surface area contributed by atoms with Crippen molar-refractivity contribution in [2.24, 2.45) is 11.8 Å². The van der Waals surface area contributed by atoms with Crippen molar-refractivity contribution in [3.05, 3.63) is 11.9 Å². The van der Waals surface area contributed by atoms with Crippen LogP contribution in [0.4, 0.5) is 4.39 Å². The third kappa shape index (κ3) is 1.20. The normalized spacial score (nSPS) is 34.9. The summed E-state index contributed by atoms with van der Waals surface area (Å²) in [5, 5.41) is 0. The summed E-state index contributed by atoms with van der Waals surface area (Å²) in [6.07, 6.45) is 0.943. The molecule has 0 unspecified atom stereocenters. The van der Waals surface area contributed by atoms with Gasteiger partial charge in [0.1, 0.15) is 17.8 Å². The van der Waals surface area contributed by atoms with Crippen LogP contribution in [0.5, 0.6) is 0 Å². The van der Waals surface area contributed by atoms with Crippen LogP contribution in [-0.4, -0.2) is 25.2 Å². The van der Waals surface area contributed by atoms with E-state index in [0.29, 0.717) is 6.42 Å². The minimum atomic E-state index is -1.09. The standard InChI is InChI=1S/C9H9FO4/c1-13-8(11)5-2-4-3-6(10)7(5)9(12)14-4/h3-5,7H,2H2,1H3/t4-,5+,7+/m0/s1. The van der Waals surface area contributed by atoms with Gasteiger partial charge in [0, 0.05) is 6.42 Å². The second-order valence-corrected chi connectivity index (χ2v) is 3.37. The number of hydrogen-bond acceptors (Lipinski definition) is 4. The number of carbonyl (C=O) groups excluding carboxylic acids is 2. The van der Waals surface area contributed by atoms with Crippen LogP contribution in [0.15, 0.2) is 11.9 Å². The summed E-state index contributed by atoms with van der Waals surface area (Å²) < 4.78 is 22.5. The lowest BCUT2D eigenvalue weighted by atomic mass is 9.79. The van der Waals surface area contributed by atoms with Gasteiger partial charge in [0.25, 0.3) is 0 Å². The van der Waals surface area contributed by atoms with Gasteiger partial charge in [-0.1, -0.05) is 0 Å². The maximum atomic E-state index is 13.2. The molecular weight excluding hydrogens is 191 g/mol. The fourth-order valence-electron chi connectivity index (χ4n) is 1.89. The summed E-state index contributed by atoms with van der Waals surface area (Å²) in [7, 11) is 1.22. The number of ether oxygens (including phenoxy) is 2. The molecule has 2 heterocycles. The monoisotopic (exact) mass is 200 g/mol. The van der Waals surface area contributed by atoms with Crippen LogP contribution in [0.1, 0.15) is 6.42 Å². The van der Waals surface area contributed by atoms with E-state index >= 15 is 0 Å². The number of methoxy groups -OCH3 is 1. The molecule has 3 atom stereocenters. The molecule has 76 valence electrons. The van der Waals surface area contributed by atoms with Crippen molar-refractivity contribution in [1.82, 2.24) is 0 Å². The Kier molecular flexibility index (Phi) is 2.02. The average molecular weight is 200 g/mol. The van der Waals surface area contributed by atoms with E-state index in [1.807, 2.05) is 0 Å². The fourth-order valence-corrected chi connectivity index (χ4v) is 1.89. The van der Waals surface area contributed by atoms with Crippen molar-refractivity contribution in [1.29, 1.82) is 0 Å². The van der Waals surface area contributed by atoms with E-state index in [2.05, 4.69) is 4.74 Å².